The molecule has 150 valence electrons. The molecule has 1 aliphatic rings. The van der Waals surface area contributed by atoms with E-state index in [2.05, 4.69) is 5.32 Å². The molecule has 1 saturated heterocycles. The maximum Gasteiger partial charge on any atom is 0.416 e. The topological polar surface area (TPSA) is 15.3 Å². The van der Waals surface area contributed by atoms with Crippen LogP contribution in [0.4, 0.5) is 26.3 Å². The molecule has 1 N–H and O–H groups in total. The van der Waals surface area contributed by atoms with Crippen molar-refractivity contribution in [2.45, 2.75) is 39.2 Å². The predicted molar refractivity (Wildman–Crippen MR) is 90.3 cm³/mol. The lowest BCUT2D eigenvalue weighted by Gasteiger charge is -2.43. The molecule has 0 aliphatic carbocycles. The monoisotopic (exact) mass is 404 g/mol. The van der Waals surface area contributed by atoms with Crippen LogP contribution in [-0.4, -0.2) is 31.1 Å². The molecule has 26 heavy (non-hydrogen) atoms. The average Bonchev–Trinajstić information content (AvgIpc) is 2.45. The largest absolute Gasteiger partial charge is 0.416 e. The van der Waals surface area contributed by atoms with Crippen LogP contribution in [0, 0.1) is 5.41 Å². The first-order valence-electron chi connectivity index (χ1n) is 8.05. The number of piperazine rings is 1. The quantitative estimate of drug-likeness (QED) is 0.687. The Bertz CT molecular complexity index is 601. The summed E-state index contributed by atoms with van der Waals surface area (Å²) in [6.07, 6.45) is -9.40. The third kappa shape index (κ3) is 5.27. The molecule has 0 radical (unpaired) electrons. The summed E-state index contributed by atoms with van der Waals surface area (Å²) < 4.78 is 79.7. The van der Waals surface area contributed by atoms with E-state index < -0.39 is 34.9 Å². The Labute approximate surface area is 155 Å². The number of rotatable bonds is 2. The first-order valence-corrected chi connectivity index (χ1v) is 8.05. The molecule has 0 aromatic heterocycles. The molecule has 1 heterocycles. The zero-order valence-electron chi connectivity index (χ0n) is 14.8. The predicted octanol–water partition coefficient (Wildman–Crippen LogP) is 5.14. The number of nitrogens with zero attached hydrogens (tertiary/aromatic N) is 1. The fraction of sp³-hybridized carbons (Fsp3) is 0.647. The Balaban J connectivity index is 0.00000338. The van der Waals surface area contributed by atoms with Crippen LogP contribution in [-0.2, 0) is 12.4 Å². The average molecular weight is 405 g/mol. The van der Waals surface area contributed by atoms with Crippen LogP contribution in [0.2, 0.25) is 0 Å². The smallest absolute Gasteiger partial charge is 0.314 e. The maximum absolute atomic E-state index is 13.5. The molecule has 2 rings (SSSR count). The fourth-order valence-corrected chi connectivity index (χ4v) is 3.37. The van der Waals surface area contributed by atoms with Gasteiger partial charge in [-0.25, -0.2) is 0 Å². The molecular formula is C17H23ClF6N2. The van der Waals surface area contributed by atoms with Crippen molar-refractivity contribution >= 4 is 12.4 Å². The van der Waals surface area contributed by atoms with E-state index in [9.17, 15) is 26.3 Å². The summed E-state index contributed by atoms with van der Waals surface area (Å²) in [6, 6.07) is 0.956. The van der Waals surface area contributed by atoms with Crippen molar-refractivity contribution in [2.75, 3.05) is 26.2 Å². The van der Waals surface area contributed by atoms with Gasteiger partial charge in [0, 0.05) is 32.2 Å². The number of alkyl halides is 6. The number of hydrogen-bond acceptors (Lipinski definition) is 2. The van der Waals surface area contributed by atoms with Crippen molar-refractivity contribution < 1.29 is 26.3 Å². The Hall–Kier alpha value is -0.990. The van der Waals surface area contributed by atoms with Crippen LogP contribution < -0.4 is 5.32 Å². The lowest BCUT2D eigenvalue weighted by atomic mass is 9.78. The minimum absolute atomic E-state index is 0. The Morgan fingerprint density at radius 1 is 0.923 bits per heavy atom. The van der Waals surface area contributed by atoms with Gasteiger partial charge in [-0.3, -0.25) is 4.90 Å². The van der Waals surface area contributed by atoms with Crippen molar-refractivity contribution in [3.8, 4) is 0 Å². The second-order valence-corrected chi connectivity index (χ2v) is 7.35. The second kappa shape index (κ2) is 7.94. The van der Waals surface area contributed by atoms with E-state index in [-0.39, 0.29) is 18.0 Å². The van der Waals surface area contributed by atoms with Crippen molar-refractivity contribution in [1.29, 1.82) is 0 Å². The lowest BCUT2D eigenvalue weighted by molar-refractivity contribution is -0.142. The maximum atomic E-state index is 13.5. The molecule has 1 aliphatic heterocycles. The molecule has 1 aromatic carbocycles. The molecule has 9 heteroatoms. The summed E-state index contributed by atoms with van der Waals surface area (Å²) in [5.41, 5.74) is -3.03. The minimum Gasteiger partial charge on any atom is -0.314 e. The van der Waals surface area contributed by atoms with Crippen molar-refractivity contribution in [2.24, 2.45) is 5.41 Å². The van der Waals surface area contributed by atoms with E-state index >= 15 is 0 Å². The van der Waals surface area contributed by atoms with Gasteiger partial charge >= 0.3 is 12.4 Å². The van der Waals surface area contributed by atoms with E-state index in [4.69, 9.17) is 0 Å². The number of hydrogen-bond donors (Lipinski definition) is 1. The molecule has 0 unspecified atom stereocenters. The Kier molecular flexibility index (Phi) is 7.04. The zero-order valence-corrected chi connectivity index (χ0v) is 15.6. The van der Waals surface area contributed by atoms with E-state index in [0.29, 0.717) is 44.4 Å². The highest BCUT2D eigenvalue weighted by atomic mass is 35.5. The molecule has 0 saturated carbocycles. The number of nitrogens with one attached hydrogen (secondary N) is 1. The van der Waals surface area contributed by atoms with Gasteiger partial charge < -0.3 is 5.32 Å². The summed E-state index contributed by atoms with van der Waals surface area (Å²) in [6.45, 7) is 7.39. The van der Waals surface area contributed by atoms with E-state index in [1.54, 1.807) is 20.8 Å². The minimum atomic E-state index is -4.71. The molecular weight excluding hydrogens is 382 g/mol. The summed E-state index contributed by atoms with van der Waals surface area (Å²) >= 11 is 0. The molecule has 1 fully saturated rings. The van der Waals surface area contributed by atoms with E-state index in [1.165, 1.54) is 0 Å². The van der Waals surface area contributed by atoms with Crippen LogP contribution in [0.5, 0.6) is 0 Å². The van der Waals surface area contributed by atoms with Crippen LogP contribution in [0.25, 0.3) is 0 Å². The third-order valence-electron chi connectivity index (χ3n) is 4.32. The van der Waals surface area contributed by atoms with Crippen LogP contribution in [0.15, 0.2) is 18.2 Å². The highest BCUT2D eigenvalue weighted by Crippen LogP contribution is 2.45. The highest BCUT2D eigenvalue weighted by molar-refractivity contribution is 5.85. The van der Waals surface area contributed by atoms with Gasteiger partial charge in [0.1, 0.15) is 0 Å². The van der Waals surface area contributed by atoms with E-state index in [1.807, 2.05) is 4.90 Å². The second-order valence-electron chi connectivity index (χ2n) is 7.35. The molecule has 0 bridgehead atoms. The van der Waals surface area contributed by atoms with Gasteiger partial charge in [0.15, 0.2) is 0 Å². The van der Waals surface area contributed by atoms with Gasteiger partial charge in [0.2, 0.25) is 0 Å². The highest BCUT2D eigenvalue weighted by Gasteiger charge is 2.42. The Morgan fingerprint density at radius 3 is 1.88 bits per heavy atom. The van der Waals surface area contributed by atoms with Gasteiger partial charge in [-0.1, -0.05) is 20.8 Å². The molecule has 1 aromatic rings. The van der Waals surface area contributed by atoms with Crippen molar-refractivity contribution in [3.05, 3.63) is 34.9 Å². The molecule has 1 atom stereocenters. The lowest BCUT2D eigenvalue weighted by Crippen LogP contribution is -2.48. The van der Waals surface area contributed by atoms with Gasteiger partial charge in [-0.15, -0.1) is 12.4 Å². The third-order valence-corrected chi connectivity index (χ3v) is 4.32. The SMILES string of the molecule is CC(C)(C)[C@@H](c1cc(C(F)(F)F)ccc1C(F)(F)F)N1CCNCC1.Cl. The molecule has 0 spiro atoms. The fourth-order valence-electron chi connectivity index (χ4n) is 3.37. The normalized spacial score (nSPS) is 18.3. The summed E-state index contributed by atoms with van der Waals surface area (Å²) in [5.74, 6) is 0. The van der Waals surface area contributed by atoms with Crippen LogP contribution in [0.3, 0.4) is 0 Å². The van der Waals surface area contributed by atoms with Gasteiger partial charge in [0.25, 0.3) is 0 Å². The Morgan fingerprint density at radius 2 is 1.46 bits per heavy atom. The summed E-state index contributed by atoms with van der Waals surface area (Å²) in [7, 11) is 0. The number of benzene rings is 1. The van der Waals surface area contributed by atoms with Gasteiger partial charge in [0.05, 0.1) is 11.1 Å². The zero-order chi connectivity index (χ0) is 19.0. The standard InChI is InChI=1S/C17H22F6N2.ClH/c1-15(2,3)14(25-8-6-24-7-9-25)12-10-11(16(18,19)20)4-5-13(12)17(21,22)23;/h4-5,10,14,24H,6-9H2,1-3H3;1H/t14-;/m1./s1. The van der Waals surface area contributed by atoms with Gasteiger partial charge in [-0.2, -0.15) is 26.3 Å². The van der Waals surface area contributed by atoms with Crippen molar-refractivity contribution in [1.82, 2.24) is 10.2 Å². The summed E-state index contributed by atoms with van der Waals surface area (Å²) in [5, 5.41) is 3.11. The molecule has 0 amide bonds. The first kappa shape index (κ1) is 23.0. The van der Waals surface area contributed by atoms with E-state index in [0.717, 1.165) is 0 Å². The van der Waals surface area contributed by atoms with Gasteiger partial charge in [-0.05, 0) is 29.2 Å². The van der Waals surface area contributed by atoms with Crippen LogP contribution in [0.1, 0.15) is 43.5 Å². The first-order chi connectivity index (χ1) is 11.3. The van der Waals surface area contributed by atoms with Crippen LogP contribution >= 0.6 is 12.4 Å². The number of halogens is 7. The molecule has 2 nitrogen and oxygen atoms in total. The summed E-state index contributed by atoms with van der Waals surface area (Å²) in [4.78, 5) is 1.83. The van der Waals surface area contributed by atoms with Crippen molar-refractivity contribution in [3.63, 3.8) is 0 Å².